The van der Waals surface area contributed by atoms with E-state index in [4.69, 9.17) is 4.74 Å². The molecule has 0 saturated carbocycles. The minimum Gasteiger partial charge on any atom is -0.467 e. The zero-order valence-corrected chi connectivity index (χ0v) is 14.8. The standard InChI is InChI=1S/C19H21NO4S/c1-24-19(22)17(12-13-25(23)16-10-6-3-7-11-16)20-18(21)14-15-8-4-2-5-9-15/h2-11,17H,12-14H2,1H3,(H,20,21)/t17-,25+/m1/s1. The van der Waals surface area contributed by atoms with Gasteiger partial charge < -0.3 is 10.1 Å². The number of carbonyl (C=O) groups is 2. The lowest BCUT2D eigenvalue weighted by molar-refractivity contribution is -0.145. The summed E-state index contributed by atoms with van der Waals surface area (Å²) in [4.78, 5) is 24.8. The third-order valence-electron chi connectivity index (χ3n) is 3.63. The highest BCUT2D eigenvalue weighted by Gasteiger charge is 2.22. The van der Waals surface area contributed by atoms with E-state index in [-0.39, 0.29) is 24.5 Å². The number of hydrogen-bond donors (Lipinski definition) is 1. The Balaban J connectivity index is 1.93. The Bertz CT molecular complexity index is 719. The van der Waals surface area contributed by atoms with Crippen molar-refractivity contribution in [3.05, 3.63) is 66.2 Å². The average Bonchev–Trinajstić information content (AvgIpc) is 2.65. The number of rotatable bonds is 8. The largest absolute Gasteiger partial charge is 0.467 e. The van der Waals surface area contributed by atoms with Gasteiger partial charge in [0.15, 0.2) is 0 Å². The van der Waals surface area contributed by atoms with E-state index in [1.807, 2.05) is 48.5 Å². The SMILES string of the molecule is COC(=O)[C@@H](CC[S@](=O)c1ccccc1)NC(=O)Cc1ccccc1. The number of carbonyl (C=O) groups excluding carboxylic acids is 2. The van der Waals surface area contributed by atoms with Gasteiger partial charge in [-0.15, -0.1) is 0 Å². The Kier molecular flexibility index (Phi) is 7.35. The maximum atomic E-state index is 12.3. The van der Waals surface area contributed by atoms with Crippen LogP contribution in [0.15, 0.2) is 65.6 Å². The van der Waals surface area contributed by atoms with Crippen LogP contribution in [0.4, 0.5) is 0 Å². The van der Waals surface area contributed by atoms with Crippen molar-refractivity contribution >= 4 is 22.7 Å². The maximum absolute atomic E-state index is 12.3. The lowest BCUT2D eigenvalue weighted by Crippen LogP contribution is -2.43. The molecule has 2 rings (SSSR count). The molecule has 0 saturated heterocycles. The molecule has 0 aliphatic heterocycles. The van der Waals surface area contributed by atoms with Crippen LogP contribution in [0, 0.1) is 0 Å². The molecule has 0 spiro atoms. The van der Waals surface area contributed by atoms with E-state index in [0.717, 1.165) is 5.56 Å². The second-order valence-electron chi connectivity index (χ2n) is 5.46. The predicted molar refractivity (Wildman–Crippen MR) is 96.4 cm³/mol. The minimum absolute atomic E-state index is 0.177. The lowest BCUT2D eigenvalue weighted by atomic mass is 10.1. The van der Waals surface area contributed by atoms with Gasteiger partial charge in [-0.3, -0.25) is 9.00 Å². The molecule has 0 bridgehead atoms. The molecule has 0 aromatic heterocycles. The summed E-state index contributed by atoms with van der Waals surface area (Å²) in [5.41, 5.74) is 0.858. The van der Waals surface area contributed by atoms with Crippen LogP contribution in [0.2, 0.25) is 0 Å². The highest BCUT2D eigenvalue weighted by molar-refractivity contribution is 7.85. The summed E-state index contributed by atoms with van der Waals surface area (Å²) in [6, 6.07) is 17.5. The number of methoxy groups -OCH3 is 1. The highest BCUT2D eigenvalue weighted by Crippen LogP contribution is 2.09. The van der Waals surface area contributed by atoms with Crippen molar-refractivity contribution in [2.24, 2.45) is 0 Å². The van der Waals surface area contributed by atoms with Crippen LogP contribution < -0.4 is 5.32 Å². The minimum atomic E-state index is -1.23. The average molecular weight is 359 g/mol. The molecule has 132 valence electrons. The van der Waals surface area contributed by atoms with Gasteiger partial charge in [0.2, 0.25) is 5.91 Å². The topological polar surface area (TPSA) is 72.5 Å². The summed E-state index contributed by atoms with van der Waals surface area (Å²) >= 11 is 0. The van der Waals surface area contributed by atoms with Crippen molar-refractivity contribution in [2.45, 2.75) is 23.8 Å². The molecule has 0 heterocycles. The number of ether oxygens (including phenoxy) is 1. The molecule has 0 fully saturated rings. The number of esters is 1. The first-order valence-corrected chi connectivity index (χ1v) is 9.26. The van der Waals surface area contributed by atoms with Crippen LogP contribution in [-0.2, 0) is 31.5 Å². The molecule has 6 heteroatoms. The van der Waals surface area contributed by atoms with Crippen LogP contribution in [0.3, 0.4) is 0 Å². The molecule has 0 unspecified atom stereocenters. The van der Waals surface area contributed by atoms with E-state index in [9.17, 15) is 13.8 Å². The first-order chi connectivity index (χ1) is 12.1. The zero-order chi connectivity index (χ0) is 18.1. The summed E-state index contributed by atoms with van der Waals surface area (Å²) in [6.45, 7) is 0. The Morgan fingerprint density at radius 3 is 2.24 bits per heavy atom. The Morgan fingerprint density at radius 1 is 1.04 bits per heavy atom. The predicted octanol–water partition coefficient (Wildman–Crippen LogP) is 2.08. The van der Waals surface area contributed by atoms with Crippen molar-refractivity contribution in [3.63, 3.8) is 0 Å². The Morgan fingerprint density at radius 2 is 1.64 bits per heavy atom. The van der Waals surface area contributed by atoms with Crippen molar-refractivity contribution in [1.82, 2.24) is 5.32 Å². The molecular weight excluding hydrogens is 338 g/mol. The van der Waals surface area contributed by atoms with Crippen molar-refractivity contribution in [1.29, 1.82) is 0 Å². The van der Waals surface area contributed by atoms with Gasteiger partial charge in [-0.25, -0.2) is 4.79 Å². The summed E-state index contributed by atoms with van der Waals surface area (Å²) in [7, 11) is 0.0363. The number of benzene rings is 2. The van der Waals surface area contributed by atoms with E-state index in [1.54, 1.807) is 12.1 Å². The van der Waals surface area contributed by atoms with Gasteiger partial charge in [-0.05, 0) is 24.1 Å². The van der Waals surface area contributed by atoms with Crippen LogP contribution in [0.1, 0.15) is 12.0 Å². The molecule has 0 radical (unpaired) electrons. The van der Waals surface area contributed by atoms with Gasteiger partial charge in [-0.2, -0.15) is 0 Å². The zero-order valence-electron chi connectivity index (χ0n) is 14.0. The molecular formula is C19H21NO4S. The normalized spacial score (nSPS) is 12.8. The van der Waals surface area contributed by atoms with Crippen LogP contribution in [0.5, 0.6) is 0 Å². The monoisotopic (exact) mass is 359 g/mol. The smallest absolute Gasteiger partial charge is 0.328 e. The first-order valence-electron chi connectivity index (χ1n) is 7.94. The molecule has 2 aromatic carbocycles. The third-order valence-corrected chi connectivity index (χ3v) is 5.03. The van der Waals surface area contributed by atoms with Gasteiger partial charge in [-0.1, -0.05) is 48.5 Å². The van der Waals surface area contributed by atoms with Gasteiger partial charge >= 0.3 is 5.97 Å². The molecule has 1 N–H and O–H groups in total. The first kappa shape index (κ1) is 18.9. The Labute approximate surface area is 149 Å². The van der Waals surface area contributed by atoms with Gasteiger partial charge in [0.25, 0.3) is 0 Å². The van der Waals surface area contributed by atoms with Crippen molar-refractivity contribution in [3.8, 4) is 0 Å². The molecule has 2 atom stereocenters. The van der Waals surface area contributed by atoms with Crippen LogP contribution >= 0.6 is 0 Å². The molecule has 0 aliphatic rings. The van der Waals surface area contributed by atoms with Gasteiger partial charge in [0, 0.05) is 10.6 Å². The van der Waals surface area contributed by atoms with Crippen LogP contribution in [-0.4, -0.2) is 35.0 Å². The van der Waals surface area contributed by atoms with E-state index >= 15 is 0 Å². The number of nitrogens with one attached hydrogen (secondary N) is 1. The fourth-order valence-electron chi connectivity index (χ4n) is 2.33. The molecule has 25 heavy (non-hydrogen) atoms. The van der Waals surface area contributed by atoms with E-state index < -0.39 is 22.8 Å². The molecule has 0 aliphatic carbocycles. The second-order valence-corrected chi connectivity index (χ2v) is 7.03. The highest BCUT2D eigenvalue weighted by atomic mass is 32.2. The van der Waals surface area contributed by atoms with Crippen molar-refractivity contribution < 1.29 is 18.5 Å². The summed E-state index contributed by atoms with van der Waals surface area (Å²) in [6.07, 6.45) is 0.421. The lowest BCUT2D eigenvalue weighted by Gasteiger charge is -2.16. The maximum Gasteiger partial charge on any atom is 0.328 e. The summed E-state index contributed by atoms with van der Waals surface area (Å²) in [5.74, 6) is -0.548. The Hall–Kier alpha value is -2.47. The van der Waals surface area contributed by atoms with Gasteiger partial charge in [0.1, 0.15) is 6.04 Å². The quantitative estimate of drug-likeness (QED) is 0.733. The number of amides is 1. The molecule has 1 amide bonds. The fourth-order valence-corrected chi connectivity index (χ4v) is 3.48. The van der Waals surface area contributed by atoms with Gasteiger partial charge in [0.05, 0.1) is 24.3 Å². The van der Waals surface area contributed by atoms with Crippen LogP contribution in [0.25, 0.3) is 0 Å². The summed E-state index contributed by atoms with van der Waals surface area (Å²) < 4.78 is 17.0. The third kappa shape index (κ3) is 6.15. The molecule has 5 nitrogen and oxygen atoms in total. The molecule has 2 aromatic rings. The summed E-state index contributed by atoms with van der Waals surface area (Å²) in [5, 5.41) is 2.68. The number of hydrogen-bond acceptors (Lipinski definition) is 4. The fraction of sp³-hybridized carbons (Fsp3) is 0.263. The van der Waals surface area contributed by atoms with E-state index in [1.165, 1.54) is 7.11 Å². The van der Waals surface area contributed by atoms with Crippen molar-refractivity contribution in [2.75, 3.05) is 12.9 Å². The van der Waals surface area contributed by atoms with E-state index in [0.29, 0.717) is 4.90 Å². The second kappa shape index (κ2) is 9.74. The van der Waals surface area contributed by atoms with E-state index in [2.05, 4.69) is 5.32 Å².